The van der Waals surface area contributed by atoms with Gasteiger partial charge in [0.2, 0.25) is 0 Å². The van der Waals surface area contributed by atoms with Crippen LogP contribution in [0.5, 0.6) is 0 Å². The molecule has 0 aliphatic heterocycles. The van der Waals surface area contributed by atoms with E-state index >= 15 is 0 Å². The molecule has 0 fully saturated rings. The predicted molar refractivity (Wildman–Crippen MR) is 86.8 cm³/mol. The van der Waals surface area contributed by atoms with E-state index in [0.29, 0.717) is 12.5 Å². The zero-order chi connectivity index (χ0) is 14.4. The first-order valence-electron chi connectivity index (χ1n) is 7.76. The lowest BCUT2D eigenvalue weighted by Gasteiger charge is -2.36. The van der Waals surface area contributed by atoms with Gasteiger partial charge in [-0.05, 0) is 53.7 Å². The molecule has 0 radical (unpaired) electrons. The predicted octanol–water partition coefficient (Wildman–Crippen LogP) is 4.59. The van der Waals surface area contributed by atoms with E-state index < -0.39 is 0 Å². The molecule has 0 saturated carbocycles. The molecule has 4 aliphatic carbocycles. The molecule has 0 bridgehead atoms. The van der Waals surface area contributed by atoms with Gasteiger partial charge in [0, 0.05) is 5.92 Å². The van der Waals surface area contributed by atoms with Crippen LogP contribution in [0.1, 0.15) is 20.3 Å². The van der Waals surface area contributed by atoms with Gasteiger partial charge in [0.05, 0.1) is 12.7 Å². The summed E-state index contributed by atoms with van der Waals surface area (Å²) in [5, 5.41) is 0. The van der Waals surface area contributed by atoms with Crippen molar-refractivity contribution >= 4 is 0 Å². The van der Waals surface area contributed by atoms with Crippen LogP contribution in [0.4, 0.5) is 0 Å². The fourth-order valence-corrected chi connectivity index (χ4v) is 3.55. The summed E-state index contributed by atoms with van der Waals surface area (Å²) in [5.41, 5.74) is 8.52. The van der Waals surface area contributed by atoms with Crippen molar-refractivity contribution in [3.8, 4) is 0 Å². The Hall–Kier alpha value is -1.86. The summed E-state index contributed by atoms with van der Waals surface area (Å²) >= 11 is 0. The molecular formula is C20H20O. The van der Waals surface area contributed by atoms with E-state index in [4.69, 9.17) is 4.74 Å². The first-order valence-corrected chi connectivity index (χ1v) is 7.76. The molecule has 0 amide bonds. The normalized spacial score (nSPS) is 25.4. The standard InChI is InChI=1S/C20H20O/c1-13(2)21-12-17-9-8-16-7-6-14-4-3-5-15-10-11-18(17)20(16)19(14)15/h3-4,6-11,13,20H,5,12H2,1-2H3. The van der Waals surface area contributed by atoms with Gasteiger partial charge in [-0.15, -0.1) is 0 Å². The molecule has 0 aromatic carbocycles. The van der Waals surface area contributed by atoms with Gasteiger partial charge < -0.3 is 4.74 Å². The van der Waals surface area contributed by atoms with Gasteiger partial charge in [-0.25, -0.2) is 0 Å². The summed E-state index contributed by atoms with van der Waals surface area (Å²) < 4.78 is 5.84. The van der Waals surface area contributed by atoms with Gasteiger partial charge >= 0.3 is 0 Å². The second-order valence-corrected chi connectivity index (χ2v) is 6.27. The Balaban J connectivity index is 1.79. The number of rotatable bonds is 3. The molecule has 4 rings (SSSR count). The van der Waals surface area contributed by atoms with Crippen molar-refractivity contribution in [3.63, 3.8) is 0 Å². The topological polar surface area (TPSA) is 9.23 Å². The monoisotopic (exact) mass is 276 g/mol. The van der Waals surface area contributed by atoms with E-state index in [2.05, 4.69) is 62.5 Å². The molecule has 1 atom stereocenters. The van der Waals surface area contributed by atoms with Crippen molar-refractivity contribution in [1.82, 2.24) is 0 Å². The highest BCUT2D eigenvalue weighted by molar-refractivity contribution is 5.68. The van der Waals surface area contributed by atoms with Crippen LogP contribution >= 0.6 is 0 Å². The third-order valence-electron chi connectivity index (χ3n) is 4.56. The number of hydrogen-bond acceptors (Lipinski definition) is 1. The summed E-state index contributed by atoms with van der Waals surface area (Å²) in [6.07, 6.45) is 19.5. The minimum Gasteiger partial charge on any atom is -0.374 e. The zero-order valence-electron chi connectivity index (χ0n) is 12.6. The van der Waals surface area contributed by atoms with Crippen LogP contribution in [0.3, 0.4) is 0 Å². The summed E-state index contributed by atoms with van der Waals surface area (Å²) in [6, 6.07) is 0. The molecule has 1 unspecified atom stereocenters. The SMILES string of the molecule is CC(C)OCC1=C2C=CC3=C4C(=CC=C(C=C1)C24)C=CC3. The number of hydrogen-bond donors (Lipinski definition) is 0. The second kappa shape index (κ2) is 4.85. The van der Waals surface area contributed by atoms with Crippen LogP contribution in [0, 0.1) is 5.92 Å². The zero-order valence-corrected chi connectivity index (χ0v) is 12.6. The van der Waals surface area contributed by atoms with Crippen LogP contribution in [0.15, 0.2) is 82.0 Å². The Bertz CT molecular complexity index is 702. The van der Waals surface area contributed by atoms with Gasteiger partial charge in [-0.3, -0.25) is 0 Å². The van der Waals surface area contributed by atoms with E-state index in [1.165, 1.54) is 33.4 Å². The van der Waals surface area contributed by atoms with E-state index in [0.717, 1.165) is 6.42 Å². The fraction of sp³-hybridized carbons (Fsp3) is 0.300. The van der Waals surface area contributed by atoms with Crippen molar-refractivity contribution in [2.24, 2.45) is 5.92 Å². The van der Waals surface area contributed by atoms with Gasteiger partial charge in [-0.1, -0.05) is 48.6 Å². The minimum absolute atomic E-state index is 0.269. The van der Waals surface area contributed by atoms with Crippen molar-refractivity contribution < 1.29 is 4.74 Å². The third-order valence-corrected chi connectivity index (χ3v) is 4.56. The molecular weight excluding hydrogens is 256 g/mol. The van der Waals surface area contributed by atoms with Gasteiger partial charge in [0.1, 0.15) is 0 Å². The van der Waals surface area contributed by atoms with Crippen molar-refractivity contribution in [3.05, 3.63) is 82.0 Å². The van der Waals surface area contributed by atoms with Crippen LogP contribution in [0.25, 0.3) is 0 Å². The number of ether oxygens (including phenoxy) is 1. The fourth-order valence-electron chi connectivity index (χ4n) is 3.55. The summed E-state index contributed by atoms with van der Waals surface area (Å²) in [7, 11) is 0. The molecule has 106 valence electrons. The molecule has 0 heterocycles. The van der Waals surface area contributed by atoms with Crippen molar-refractivity contribution in [1.29, 1.82) is 0 Å². The number of allylic oxidation sites excluding steroid dienone is 12. The first kappa shape index (κ1) is 12.8. The Morgan fingerprint density at radius 1 is 1.10 bits per heavy atom. The van der Waals surface area contributed by atoms with Crippen molar-refractivity contribution in [2.75, 3.05) is 6.61 Å². The van der Waals surface area contributed by atoms with E-state index in [1.54, 1.807) is 0 Å². The lowest BCUT2D eigenvalue weighted by atomic mass is 9.68. The average Bonchev–Trinajstić information content (AvgIpc) is 2.51. The second-order valence-electron chi connectivity index (χ2n) is 6.27. The van der Waals surface area contributed by atoms with Crippen LogP contribution in [-0.2, 0) is 4.74 Å². The summed E-state index contributed by atoms with van der Waals surface area (Å²) in [6.45, 7) is 4.89. The molecule has 0 aromatic rings. The summed E-state index contributed by atoms with van der Waals surface area (Å²) in [4.78, 5) is 0. The first-order chi connectivity index (χ1) is 10.2. The maximum absolute atomic E-state index is 5.84. The van der Waals surface area contributed by atoms with Crippen LogP contribution < -0.4 is 0 Å². The van der Waals surface area contributed by atoms with Gasteiger partial charge in [0.25, 0.3) is 0 Å². The molecule has 0 N–H and O–H groups in total. The molecule has 1 nitrogen and oxygen atoms in total. The summed E-state index contributed by atoms with van der Waals surface area (Å²) in [5.74, 6) is 0.422. The average molecular weight is 276 g/mol. The lowest BCUT2D eigenvalue weighted by Crippen LogP contribution is -2.23. The van der Waals surface area contributed by atoms with Crippen LogP contribution in [-0.4, -0.2) is 12.7 Å². The van der Waals surface area contributed by atoms with E-state index in [1.807, 2.05) is 0 Å². The molecule has 0 saturated heterocycles. The van der Waals surface area contributed by atoms with E-state index in [9.17, 15) is 0 Å². The van der Waals surface area contributed by atoms with Crippen LogP contribution in [0.2, 0.25) is 0 Å². The lowest BCUT2D eigenvalue weighted by molar-refractivity contribution is 0.0982. The Kier molecular flexibility index (Phi) is 2.97. The maximum Gasteiger partial charge on any atom is 0.0723 e. The van der Waals surface area contributed by atoms with Gasteiger partial charge in [-0.2, -0.15) is 0 Å². The van der Waals surface area contributed by atoms with E-state index in [-0.39, 0.29) is 6.10 Å². The highest BCUT2D eigenvalue weighted by Crippen LogP contribution is 2.47. The highest BCUT2D eigenvalue weighted by Gasteiger charge is 2.33. The largest absolute Gasteiger partial charge is 0.374 e. The molecule has 21 heavy (non-hydrogen) atoms. The maximum atomic E-state index is 5.84. The molecule has 0 aromatic heterocycles. The highest BCUT2D eigenvalue weighted by atomic mass is 16.5. The Morgan fingerprint density at radius 2 is 2.00 bits per heavy atom. The van der Waals surface area contributed by atoms with Crippen molar-refractivity contribution in [2.45, 2.75) is 26.4 Å². The minimum atomic E-state index is 0.269. The smallest absolute Gasteiger partial charge is 0.0723 e. The molecule has 0 spiro atoms. The molecule has 1 heteroatoms. The molecule has 4 aliphatic rings. The quantitative estimate of drug-likeness (QED) is 0.732. The Morgan fingerprint density at radius 3 is 2.86 bits per heavy atom. The third kappa shape index (κ3) is 2.04. The van der Waals surface area contributed by atoms with Gasteiger partial charge in [0.15, 0.2) is 0 Å². The Labute approximate surface area is 126 Å².